The summed E-state index contributed by atoms with van der Waals surface area (Å²) >= 11 is 0. The van der Waals surface area contributed by atoms with E-state index in [9.17, 15) is 4.79 Å². The molecule has 11 heteroatoms. The average Bonchev–Trinajstić information content (AvgIpc) is 3.65. The number of ether oxygens (including phenoxy) is 4. The number of fused-ring (bicyclic) bond motifs is 2. The Bertz CT molecular complexity index is 1780. The zero-order valence-electron chi connectivity index (χ0n) is 30.7. The van der Waals surface area contributed by atoms with Crippen LogP contribution in [0.5, 0.6) is 11.8 Å². The summed E-state index contributed by atoms with van der Waals surface area (Å²) in [5.74, 6) is 1.82. The van der Waals surface area contributed by atoms with Crippen molar-refractivity contribution in [2.75, 3.05) is 82.5 Å². The molecule has 0 N–H and O–H groups in total. The van der Waals surface area contributed by atoms with Crippen molar-refractivity contribution in [2.24, 2.45) is 0 Å². The monoisotopic (exact) mass is 708 g/mol. The predicted octanol–water partition coefficient (Wildman–Crippen LogP) is 6.32. The van der Waals surface area contributed by atoms with Gasteiger partial charge in [-0.2, -0.15) is 9.97 Å². The summed E-state index contributed by atoms with van der Waals surface area (Å²) in [6, 6.07) is 23.4. The summed E-state index contributed by atoms with van der Waals surface area (Å²) in [5.41, 5.74) is 4.28. The van der Waals surface area contributed by atoms with Crippen molar-refractivity contribution in [1.29, 1.82) is 0 Å². The van der Waals surface area contributed by atoms with E-state index in [0.29, 0.717) is 64.6 Å². The Kier molecular flexibility index (Phi) is 11.9. The fraction of sp³-hybridized carbons (Fsp3) is 0.488. The second kappa shape index (κ2) is 17.3. The van der Waals surface area contributed by atoms with Crippen LogP contribution in [0.2, 0.25) is 0 Å². The third kappa shape index (κ3) is 8.53. The van der Waals surface area contributed by atoms with Gasteiger partial charge in [0.2, 0.25) is 0 Å². The van der Waals surface area contributed by atoms with Gasteiger partial charge in [0.1, 0.15) is 24.8 Å². The highest BCUT2D eigenvalue weighted by atomic mass is 16.6. The van der Waals surface area contributed by atoms with E-state index in [2.05, 4.69) is 58.0 Å². The number of methoxy groups -OCH3 is 1. The van der Waals surface area contributed by atoms with Crippen molar-refractivity contribution < 1.29 is 23.7 Å². The summed E-state index contributed by atoms with van der Waals surface area (Å²) in [6.45, 7) is 10.2. The van der Waals surface area contributed by atoms with E-state index in [0.717, 1.165) is 85.8 Å². The van der Waals surface area contributed by atoms with Crippen LogP contribution in [-0.4, -0.2) is 105 Å². The molecule has 7 rings (SSSR count). The first-order valence-corrected chi connectivity index (χ1v) is 19.0. The van der Waals surface area contributed by atoms with E-state index >= 15 is 0 Å². The lowest BCUT2D eigenvalue weighted by molar-refractivity contribution is 0.0940. The fourth-order valence-corrected chi connectivity index (χ4v) is 7.53. The van der Waals surface area contributed by atoms with Gasteiger partial charge < -0.3 is 33.6 Å². The summed E-state index contributed by atoms with van der Waals surface area (Å²) < 4.78 is 23.7. The molecule has 2 fully saturated rings. The number of carbonyl (C=O) groups excluding carboxylic acids is 1. The summed E-state index contributed by atoms with van der Waals surface area (Å²) in [6.07, 6.45) is 4.87. The maximum absolute atomic E-state index is 13.0. The second-order valence-electron chi connectivity index (χ2n) is 13.9. The molecular formula is C41H52N6O5. The van der Waals surface area contributed by atoms with E-state index < -0.39 is 0 Å². The molecule has 1 amide bonds. The molecule has 0 unspecified atom stereocenters. The van der Waals surface area contributed by atoms with Crippen LogP contribution >= 0.6 is 0 Å². The molecule has 0 bridgehead atoms. The molecule has 0 aliphatic carbocycles. The number of likely N-dealkylation sites (tertiary alicyclic amines) is 1. The molecule has 52 heavy (non-hydrogen) atoms. The van der Waals surface area contributed by atoms with Gasteiger partial charge in [-0.05, 0) is 49.2 Å². The van der Waals surface area contributed by atoms with E-state index in [1.165, 1.54) is 10.8 Å². The van der Waals surface area contributed by atoms with Crippen LogP contribution in [0, 0.1) is 0 Å². The average molecular weight is 709 g/mol. The first kappa shape index (κ1) is 35.8. The van der Waals surface area contributed by atoms with Gasteiger partial charge in [-0.25, -0.2) is 4.79 Å². The third-order valence-electron chi connectivity index (χ3n) is 10.5. The van der Waals surface area contributed by atoms with Gasteiger partial charge in [0.25, 0.3) is 0 Å². The van der Waals surface area contributed by atoms with Gasteiger partial charge in [0, 0.05) is 75.1 Å². The standard InChI is InChI=1S/C41H52N6O5/c1-3-4-24-50-34-26-32-13-8-9-15-35(32)38(27-34)47-18-16-36-37(28-47)42-40(51-30-33-14-10-17-44(33)23-25-49-2)43-39(36)45-19-21-46(22-20-45)41(48)52-29-31-11-6-5-7-12-31/h5-9,11-13,15,26-27,33H,3-4,10,14,16-25,28-30H2,1-2H3/t33-/m0/s1. The Balaban J connectivity index is 1.11. The highest BCUT2D eigenvalue weighted by Crippen LogP contribution is 2.37. The summed E-state index contributed by atoms with van der Waals surface area (Å²) in [4.78, 5) is 32.1. The SMILES string of the molecule is CCCCOc1cc(N2CCc3c(nc(OC[C@@H]4CCCN4CCOC)nc3N3CCN(C(=O)OCc4ccccc4)CC3)C2)c2ccccc2c1. The number of anilines is 2. The van der Waals surface area contributed by atoms with Gasteiger partial charge in [-0.15, -0.1) is 0 Å². The Morgan fingerprint density at radius 1 is 0.885 bits per heavy atom. The molecular weight excluding hydrogens is 656 g/mol. The number of carbonyl (C=O) groups is 1. The quantitative estimate of drug-likeness (QED) is 0.139. The van der Waals surface area contributed by atoms with Crippen LogP contribution in [0.25, 0.3) is 10.8 Å². The van der Waals surface area contributed by atoms with Crippen LogP contribution < -0.4 is 19.3 Å². The molecule has 2 saturated heterocycles. The Labute approximate surface area is 307 Å². The van der Waals surface area contributed by atoms with Crippen molar-refractivity contribution >= 4 is 28.4 Å². The number of rotatable bonds is 14. The largest absolute Gasteiger partial charge is 0.493 e. The van der Waals surface area contributed by atoms with Crippen molar-refractivity contribution in [3.8, 4) is 11.8 Å². The molecule has 4 aromatic rings. The van der Waals surface area contributed by atoms with Gasteiger partial charge in [-0.3, -0.25) is 4.90 Å². The number of piperazine rings is 1. The number of unbranched alkanes of at least 4 members (excludes halogenated alkanes) is 1. The molecule has 1 aromatic heterocycles. The number of hydrogen-bond donors (Lipinski definition) is 0. The number of hydrogen-bond acceptors (Lipinski definition) is 10. The zero-order valence-corrected chi connectivity index (χ0v) is 30.7. The molecule has 1 atom stereocenters. The van der Waals surface area contributed by atoms with Crippen LogP contribution in [-0.2, 0) is 29.0 Å². The van der Waals surface area contributed by atoms with Crippen molar-refractivity contribution in [3.63, 3.8) is 0 Å². The van der Waals surface area contributed by atoms with E-state index in [-0.39, 0.29) is 12.7 Å². The van der Waals surface area contributed by atoms with Crippen LogP contribution in [0.1, 0.15) is 49.4 Å². The number of benzene rings is 3. The lowest BCUT2D eigenvalue weighted by atomic mass is 10.0. The number of nitrogens with zero attached hydrogens (tertiary/aromatic N) is 6. The van der Waals surface area contributed by atoms with Crippen molar-refractivity contribution in [3.05, 3.63) is 83.6 Å². The van der Waals surface area contributed by atoms with E-state index in [1.807, 2.05) is 30.3 Å². The maximum Gasteiger partial charge on any atom is 0.410 e. The minimum atomic E-state index is -0.282. The zero-order chi connectivity index (χ0) is 35.7. The fourth-order valence-electron chi connectivity index (χ4n) is 7.53. The topological polar surface area (TPSA) is 92.7 Å². The minimum Gasteiger partial charge on any atom is -0.493 e. The predicted molar refractivity (Wildman–Crippen MR) is 204 cm³/mol. The number of amides is 1. The Hall–Kier alpha value is -4.61. The van der Waals surface area contributed by atoms with Crippen molar-refractivity contribution in [1.82, 2.24) is 19.8 Å². The third-order valence-corrected chi connectivity index (χ3v) is 10.5. The molecule has 0 spiro atoms. The van der Waals surface area contributed by atoms with Gasteiger partial charge in [-0.1, -0.05) is 67.9 Å². The first-order chi connectivity index (χ1) is 25.6. The lowest BCUT2D eigenvalue weighted by Crippen LogP contribution is -2.49. The molecule has 4 heterocycles. The minimum absolute atomic E-state index is 0.267. The van der Waals surface area contributed by atoms with E-state index in [4.69, 9.17) is 28.9 Å². The highest BCUT2D eigenvalue weighted by molar-refractivity contribution is 5.95. The molecule has 0 radical (unpaired) electrons. The molecule has 0 saturated carbocycles. The molecule has 3 aliphatic heterocycles. The van der Waals surface area contributed by atoms with E-state index in [1.54, 1.807) is 12.0 Å². The van der Waals surface area contributed by atoms with Crippen LogP contribution in [0.3, 0.4) is 0 Å². The van der Waals surface area contributed by atoms with Gasteiger partial charge >= 0.3 is 12.1 Å². The van der Waals surface area contributed by atoms with Gasteiger partial charge in [0.05, 0.1) is 25.5 Å². The van der Waals surface area contributed by atoms with Crippen molar-refractivity contribution in [2.45, 2.75) is 58.2 Å². The highest BCUT2D eigenvalue weighted by Gasteiger charge is 2.31. The molecule has 3 aromatic carbocycles. The normalized spacial score (nSPS) is 17.7. The summed E-state index contributed by atoms with van der Waals surface area (Å²) in [7, 11) is 1.75. The Morgan fingerprint density at radius 3 is 2.54 bits per heavy atom. The smallest absolute Gasteiger partial charge is 0.410 e. The molecule has 3 aliphatic rings. The molecule has 11 nitrogen and oxygen atoms in total. The first-order valence-electron chi connectivity index (χ1n) is 19.0. The Morgan fingerprint density at radius 2 is 1.71 bits per heavy atom. The molecule has 276 valence electrons. The second-order valence-corrected chi connectivity index (χ2v) is 13.9. The van der Waals surface area contributed by atoms with Crippen LogP contribution in [0.4, 0.5) is 16.3 Å². The van der Waals surface area contributed by atoms with Gasteiger partial charge in [0.15, 0.2) is 0 Å². The lowest BCUT2D eigenvalue weighted by Gasteiger charge is -2.38. The summed E-state index contributed by atoms with van der Waals surface area (Å²) in [5, 5.41) is 2.37. The maximum atomic E-state index is 13.0. The van der Waals surface area contributed by atoms with Crippen LogP contribution in [0.15, 0.2) is 66.7 Å². The number of aromatic nitrogens is 2.